The van der Waals surface area contributed by atoms with E-state index >= 15 is 0 Å². The van der Waals surface area contributed by atoms with E-state index in [4.69, 9.17) is 9.47 Å². The molecule has 0 aliphatic heterocycles. The van der Waals surface area contributed by atoms with Crippen molar-refractivity contribution in [1.29, 1.82) is 0 Å². The first-order valence-corrected chi connectivity index (χ1v) is 9.47. The molecule has 0 saturated carbocycles. The van der Waals surface area contributed by atoms with E-state index in [1.165, 1.54) is 12.3 Å². The average molecular weight is 278 g/mol. The Hall–Kier alpha value is -1.39. The summed E-state index contributed by atoms with van der Waals surface area (Å²) >= 11 is 0. The molecule has 0 aliphatic rings. The third kappa shape index (κ3) is 5.40. The first-order valence-electron chi connectivity index (χ1n) is 6.39. The minimum absolute atomic E-state index is 0.00229. The highest BCUT2D eigenvalue weighted by molar-refractivity contribution is 6.93. The number of carbonyl (C=O) groups is 1. The predicted molar refractivity (Wildman–Crippen MR) is 80.1 cm³/mol. The van der Waals surface area contributed by atoms with Gasteiger partial charge in [0.15, 0.2) is 0 Å². The summed E-state index contributed by atoms with van der Waals surface area (Å²) < 4.78 is 9.92. The largest absolute Gasteiger partial charge is 0.457 e. The Morgan fingerprint density at radius 3 is 2.53 bits per heavy atom. The summed E-state index contributed by atoms with van der Waals surface area (Å²) in [6.07, 6.45) is 1.74. The first-order chi connectivity index (χ1) is 8.95. The Kier molecular flexibility index (Phi) is 5.98. The van der Waals surface area contributed by atoms with E-state index < -0.39 is 8.07 Å². The molecule has 0 aliphatic carbocycles. The smallest absolute Gasteiger partial charge is 0.332 e. The van der Waals surface area contributed by atoms with E-state index in [9.17, 15) is 4.79 Å². The molecule has 0 radical (unpaired) electrons. The van der Waals surface area contributed by atoms with Crippen LogP contribution in [0.3, 0.4) is 0 Å². The third-order valence-corrected chi connectivity index (χ3v) is 5.73. The second kappa shape index (κ2) is 7.26. The van der Waals surface area contributed by atoms with E-state index in [-0.39, 0.29) is 18.7 Å². The molecule has 0 unspecified atom stereocenters. The van der Waals surface area contributed by atoms with Gasteiger partial charge in [0.25, 0.3) is 0 Å². The van der Waals surface area contributed by atoms with Crippen molar-refractivity contribution in [3.05, 3.63) is 42.1 Å². The maximum atomic E-state index is 11.3. The highest BCUT2D eigenvalue weighted by Gasteiger charge is 2.19. The summed E-state index contributed by atoms with van der Waals surface area (Å²) in [6, 6.07) is 10.4. The minimum Gasteiger partial charge on any atom is -0.457 e. The molecule has 0 fully saturated rings. The van der Waals surface area contributed by atoms with E-state index in [0.717, 1.165) is 0 Å². The molecule has 19 heavy (non-hydrogen) atoms. The zero-order chi connectivity index (χ0) is 14.3. The van der Waals surface area contributed by atoms with E-state index in [2.05, 4.69) is 43.1 Å². The number of benzene rings is 1. The average Bonchev–Trinajstić information content (AvgIpc) is 2.38. The van der Waals surface area contributed by atoms with E-state index in [1.54, 1.807) is 0 Å². The molecule has 1 rings (SSSR count). The summed E-state index contributed by atoms with van der Waals surface area (Å²) in [5, 5.41) is 1.36. The van der Waals surface area contributed by atoms with Crippen molar-refractivity contribution in [2.45, 2.75) is 26.1 Å². The Balaban J connectivity index is 2.62. The Labute approximate surface area is 116 Å². The summed E-state index contributed by atoms with van der Waals surface area (Å²) in [6.45, 7) is 6.39. The van der Waals surface area contributed by atoms with Crippen LogP contribution in [0.15, 0.2) is 42.1 Å². The number of ether oxygens (including phenoxy) is 2. The number of methoxy groups -OCH3 is 1. The standard InChI is InChI=1S/C15H22O3Si/c1-13(18-15(16)12-17-2)10-11-19(3,4)14-8-6-5-7-9-14/h5-11,13H,12H2,1-4H3/b11-10-/t13-/m1/s1. The molecule has 0 spiro atoms. The lowest BCUT2D eigenvalue weighted by atomic mass is 10.4. The molecule has 4 heteroatoms. The van der Waals surface area contributed by atoms with Crippen molar-refractivity contribution in [2.75, 3.05) is 13.7 Å². The summed E-state index contributed by atoms with van der Waals surface area (Å²) in [5.74, 6) is -0.334. The fraction of sp³-hybridized carbons (Fsp3) is 0.400. The van der Waals surface area contributed by atoms with Crippen molar-refractivity contribution in [3.63, 3.8) is 0 Å². The molecule has 0 aromatic heterocycles. The van der Waals surface area contributed by atoms with Gasteiger partial charge in [0.2, 0.25) is 0 Å². The molecule has 0 bridgehead atoms. The van der Waals surface area contributed by atoms with Crippen LogP contribution in [0, 0.1) is 0 Å². The van der Waals surface area contributed by atoms with Crippen molar-refractivity contribution >= 4 is 19.2 Å². The van der Waals surface area contributed by atoms with Crippen LogP contribution in [-0.2, 0) is 14.3 Å². The van der Waals surface area contributed by atoms with Crippen LogP contribution in [0.25, 0.3) is 0 Å². The number of carbonyl (C=O) groups excluding carboxylic acids is 1. The van der Waals surface area contributed by atoms with Crippen LogP contribution < -0.4 is 5.19 Å². The van der Waals surface area contributed by atoms with Crippen LogP contribution in [0.2, 0.25) is 13.1 Å². The first kappa shape index (κ1) is 15.7. The van der Waals surface area contributed by atoms with Gasteiger partial charge in [-0.15, -0.1) is 0 Å². The maximum Gasteiger partial charge on any atom is 0.332 e. The SMILES string of the molecule is COCC(=O)O[C@H](C)/C=C\[Si](C)(C)c1ccccc1. The molecular weight excluding hydrogens is 256 g/mol. The van der Waals surface area contributed by atoms with Crippen LogP contribution >= 0.6 is 0 Å². The lowest BCUT2D eigenvalue weighted by Crippen LogP contribution is -2.39. The van der Waals surface area contributed by atoms with Gasteiger partial charge in [-0.3, -0.25) is 0 Å². The van der Waals surface area contributed by atoms with Crippen molar-refractivity contribution in [1.82, 2.24) is 0 Å². The minimum atomic E-state index is -1.61. The number of esters is 1. The second-order valence-corrected chi connectivity index (χ2v) is 9.43. The van der Waals surface area contributed by atoms with Crippen molar-refractivity contribution in [2.24, 2.45) is 0 Å². The second-order valence-electron chi connectivity index (χ2n) is 5.07. The van der Waals surface area contributed by atoms with Crippen LogP contribution in [0.1, 0.15) is 6.92 Å². The molecule has 1 aromatic rings. The van der Waals surface area contributed by atoms with Gasteiger partial charge in [0.05, 0.1) is 0 Å². The lowest BCUT2D eigenvalue weighted by Gasteiger charge is -2.19. The lowest BCUT2D eigenvalue weighted by molar-refractivity contribution is -0.150. The molecule has 0 N–H and O–H groups in total. The van der Waals surface area contributed by atoms with Gasteiger partial charge in [0, 0.05) is 7.11 Å². The van der Waals surface area contributed by atoms with E-state index in [1.807, 2.05) is 19.1 Å². The zero-order valence-electron chi connectivity index (χ0n) is 12.1. The van der Waals surface area contributed by atoms with Gasteiger partial charge in [-0.25, -0.2) is 4.79 Å². The summed E-state index contributed by atoms with van der Waals surface area (Å²) in [4.78, 5) is 11.3. The molecule has 1 atom stereocenters. The Bertz CT molecular complexity index is 426. The predicted octanol–water partition coefficient (Wildman–Crippen LogP) is 2.28. The molecule has 0 saturated heterocycles. The van der Waals surface area contributed by atoms with Gasteiger partial charge >= 0.3 is 5.97 Å². The number of hydrogen-bond acceptors (Lipinski definition) is 3. The molecule has 0 heterocycles. The fourth-order valence-corrected chi connectivity index (χ4v) is 3.73. The maximum absolute atomic E-state index is 11.3. The summed E-state index contributed by atoms with van der Waals surface area (Å²) in [5.41, 5.74) is 2.20. The third-order valence-electron chi connectivity index (χ3n) is 2.88. The van der Waals surface area contributed by atoms with Gasteiger partial charge in [-0.1, -0.05) is 60.4 Å². The topological polar surface area (TPSA) is 35.5 Å². The fourth-order valence-electron chi connectivity index (χ4n) is 1.74. The van der Waals surface area contributed by atoms with E-state index in [0.29, 0.717) is 0 Å². The monoisotopic (exact) mass is 278 g/mol. The summed E-state index contributed by atoms with van der Waals surface area (Å²) in [7, 11) is -0.135. The van der Waals surface area contributed by atoms with Crippen LogP contribution in [-0.4, -0.2) is 33.9 Å². The van der Waals surface area contributed by atoms with Gasteiger partial charge in [-0.05, 0) is 6.92 Å². The van der Waals surface area contributed by atoms with Crippen LogP contribution in [0.4, 0.5) is 0 Å². The Morgan fingerprint density at radius 1 is 1.32 bits per heavy atom. The molecule has 0 amide bonds. The number of hydrogen-bond donors (Lipinski definition) is 0. The Morgan fingerprint density at radius 2 is 1.95 bits per heavy atom. The quantitative estimate of drug-likeness (QED) is 0.591. The van der Waals surface area contributed by atoms with Gasteiger partial charge < -0.3 is 9.47 Å². The molecule has 1 aromatic carbocycles. The molecular formula is C15H22O3Si. The zero-order valence-corrected chi connectivity index (χ0v) is 13.1. The molecule has 3 nitrogen and oxygen atoms in total. The highest BCUT2D eigenvalue weighted by Crippen LogP contribution is 2.07. The van der Waals surface area contributed by atoms with Gasteiger partial charge in [0.1, 0.15) is 20.8 Å². The van der Waals surface area contributed by atoms with Crippen LogP contribution in [0.5, 0.6) is 0 Å². The molecule has 104 valence electrons. The normalized spacial score (nSPS) is 13.5. The van der Waals surface area contributed by atoms with Crippen molar-refractivity contribution in [3.8, 4) is 0 Å². The highest BCUT2D eigenvalue weighted by atomic mass is 28.3. The number of rotatable bonds is 6. The van der Waals surface area contributed by atoms with Gasteiger partial charge in [-0.2, -0.15) is 0 Å². The van der Waals surface area contributed by atoms with Crippen molar-refractivity contribution < 1.29 is 14.3 Å².